The van der Waals surface area contributed by atoms with Gasteiger partial charge in [-0.1, -0.05) is 6.07 Å². The Morgan fingerprint density at radius 2 is 2.25 bits per heavy atom. The molecular weight excluding hydrogens is 204 g/mol. The van der Waals surface area contributed by atoms with Gasteiger partial charge in [-0.2, -0.15) is 0 Å². The molecule has 0 aliphatic rings. The summed E-state index contributed by atoms with van der Waals surface area (Å²) in [6, 6.07) is 7.55. The lowest BCUT2D eigenvalue weighted by atomic mass is 10.2. The van der Waals surface area contributed by atoms with Gasteiger partial charge in [0.05, 0.1) is 31.0 Å². The molecule has 1 aromatic heterocycles. The molecule has 0 aliphatic carbocycles. The van der Waals surface area contributed by atoms with Crippen LogP contribution in [-0.2, 0) is 6.54 Å². The second-order valence-electron chi connectivity index (χ2n) is 3.41. The first-order valence-corrected chi connectivity index (χ1v) is 4.98. The van der Waals surface area contributed by atoms with Gasteiger partial charge in [-0.25, -0.2) is 0 Å². The highest BCUT2D eigenvalue weighted by Gasteiger charge is 2.04. The highest BCUT2D eigenvalue weighted by Crippen LogP contribution is 2.29. The van der Waals surface area contributed by atoms with Crippen molar-refractivity contribution in [1.82, 2.24) is 0 Å². The molecule has 0 unspecified atom stereocenters. The SMILES string of the molecule is COc1cccc(NCc2ccoc2)c1N. The van der Waals surface area contributed by atoms with E-state index in [0.29, 0.717) is 18.0 Å². The Hall–Kier alpha value is -2.10. The van der Waals surface area contributed by atoms with E-state index < -0.39 is 0 Å². The Balaban J connectivity index is 2.09. The number of anilines is 2. The summed E-state index contributed by atoms with van der Waals surface area (Å²) in [4.78, 5) is 0. The van der Waals surface area contributed by atoms with Crippen LogP contribution < -0.4 is 15.8 Å². The minimum absolute atomic E-state index is 0.619. The van der Waals surface area contributed by atoms with E-state index in [1.807, 2.05) is 24.3 Å². The Morgan fingerprint density at radius 3 is 2.94 bits per heavy atom. The quantitative estimate of drug-likeness (QED) is 0.774. The number of para-hydroxylation sites is 1. The minimum atomic E-state index is 0.619. The average Bonchev–Trinajstić information content (AvgIpc) is 2.81. The molecule has 0 aliphatic heterocycles. The number of nitrogens with two attached hydrogens (primary N) is 1. The molecule has 4 nitrogen and oxygen atoms in total. The Labute approximate surface area is 94.0 Å². The highest BCUT2D eigenvalue weighted by atomic mass is 16.5. The summed E-state index contributed by atoms with van der Waals surface area (Å²) in [6.45, 7) is 0.674. The molecule has 84 valence electrons. The second-order valence-corrected chi connectivity index (χ2v) is 3.41. The fourth-order valence-corrected chi connectivity index (χ4v) is 1.47. The summed E-state index contributed by atoms with van der Waals surface area (Å²) in [5, 5.41) is 3.23. The molecule has 4 heteroatoms. The zero-order valence-electron chi connectivity index (χ0n) is 9.07. The lowest BCUT2D eigenvalue weighted by molar-refractivity contribution is 0.417. The molecule has 16 heavy (non-hydrogen) atoms. The average molecular weight is 218 g/mol. The molecular formula is C12H14N2O2. The van der Waals surface area contributed by atoms with Crippen LogP contribution in [0.15, 0.2) is 41.2 Å². The number of methoxy groups -OCH3 is 1. The van der Waals surface area contributed by atoms with E-state index in [1.54, 1.807) is 19.6 Å². The zero-order valence-corrected chi connectivity index (χ0v) is 9.07. The van der Waals surface area contributed by atoms with Crippen LogP contribution in [0.1, 0.15) is 5.56 Å². The van der Waals surface area contributed by atoms with Gasteiger partial charge in [-0.05, 0) is 18.2 Å². The molecule has 0 atom stereocenters. The first-order valence-electron chi connectivity index (χ1n) is 4.98. The van der Waals surface area contributed by atoms with Crippen molar-refractivity contribution in [2.75, 3.05) is 18.2 Å². The standard InChI is InChI=1S/C12H14N2O2/c1-15-11-4-2-3-10(12(11)13)14-7-9-5-6-16-8-9/h2-6,8,14H,7,13H2,1H3. The monoisotopic (exact) mass is 218 g/mol. The van der Waals surface area contributed by atoms with Crippen LogP contribution in [0.25, 0.3) is 0 Å². The van der Waals surface area contributed by atoms with Crippen LogP contribution in [0.4, 0.5) is 11.4 Å². The van der Waals surface area contributed by atoms with E-state index in [9.17, 15) is 0 Å². The first kappa shape index (κ1) is 10.4. The molecule has 1 aromatic carbocycles. The number of hydrogen-bond acceptors (Lipinski definition) is 4. The van der Waals surface area contributed by atoms with Crippen molar-refractivity contribution in [1.29, 1.82) is 0 Å². The first-order chi connectivity index (χ1) is 7.81. The molecule has 0 radical (unpaired) electrons. The van der Waals surface area contributed by atoms with Gasteiger partial charge in [-0.3, -0.25) is 0 Å². The smallest absolute Gasteiger partial charge is 0.143 e. The Morgan fingerprint density at radius 1 is 1.38 bits per heavy atom. The van der Waals surface area contributed by atoms with Crippen molar-refractivity contribution in [3.05, 3.63) is 42.4 Å². The van der Waals surface area contributed by atoms with Crippen LogP contribution in [0, 0.1) is 0 Å². The summed E-state index contributed by atoms with van der Waals surface area (Å²) in [5.74, 6) is 0.678. The van der Waals surface area contributed by atoms with Crippen molar-refractivity contribution in [2.24, 2.45) is 0 Å². The van der Waals surface area contributed by atoms with Gasteiger partial charge in [0.15, 0.2) is 0 Å². The van der Waals surface area contributed by atoms with E-state index >= 15 is 0 Å². The van der Waals surface area contributed by atoms with Crippen LogP contribution in [0.5, 0.6) is 5.75 Å². The summed E-state index contributed by atoms with van der Waals surface area (Å²) >= 11 is 0. The number of nitrogens with one attached hydrogen (secondary N) is 1. The van der Waals surface area contributed by atoms with Gasteiger partial charge in [0.1, 0.15) is 5.75 Å². The fourth-order valence-electron chi connectivity index (χ4n) is 1.47. The van der Waals surface area contributed by atoms with E-state index in [2.05, 4.69) is 5.32 Å². The lowest BCUT2D eigenvalue weighted by Gasteiger charge is -2.11. The minimum Gasteiger partial charge on any atom is -0.495 e. The number of hydrogen-bond donors (Lipinski definition) is 2. The summed E-state index contributed by atoms with van der Waals surface area (Å²) in [5.41, 5.74) is 8.47. The summed E-state index contributed by atoms with van der Waals surface area (Å²) < 4.78 is 10.1. The number of nitrogen functional groups attached to an aromatic ring is 1. The molecule has 3 N–H and O–H groups in total. The van der Waals surface area contributed by atoms with E-state index in [0.717, 1.165) is 11.3 Å². The topological polar surface area (TPSA) is 60.4 Å². The van der Waals surface area contributed by atoms with Gasteiger partial charge in [0, 0.05) is 12.1 Å². The third-order valence-electron chi connectivity index (χ3n) is 2.35. The van der Waals surface area contributed by atoms with Gasteiger partial charge < -0.3 is 20.2 Å². The van der Waals surface area contributed by atoms with E-state index in [1.165, 1.54) is 0 Å². The van der Waals surface area contributed by atoms with E-state index in [4.69, 9.17) is 14.9 Å². The van der Waals surface area contributed by atoms with Gasteiger partial charge >= 0.3 is 0 Å². The summed E-state index contributed by atoms with van der Waals surface area (Å²) in [6.07, 6.45) is 3.34. The predicted octanol–water partition coefficient (Wildman–Crippen LogP) is 2.48. The fraction of sp³-hybridized carbons (Fsp3) is 0.167. The van der Waals surface area contributed by atoms with Gasteiger partial charge in [0.2, 0.25) is 0 Å². The van der Waals surface area contributed by atoms with Crippen LogP contribution in [0.2, 0.25) is 0 Å². The molecule has 2 aromatic rings. The molecule has 0 saturated heterocycles. The third kappa shape index (κ3) is 2.11. The lowest BCUT2D eigenvalue weighted by Crippen LogP contribution is -2.02. The molecule has 0 bridgehead atoms. The maximum Gasteiger partial charge on any atom is 0.143 e. The van der Waals surface area contributed by atoms with Crippen molar-refractivity contribution in [2.45, 2.75) is 6.54 Å². The molecule has 0 saturated carbocycles. The number of rotatable bonds is 4. The highest BCUT2D eigenvalue weighted by molar-refractivity contribution is 5.72. The predicted molar refractivity (Wildman–Crippen MR) is 63.4 cm³/mol. The Kier molecular flexibility index (Phi) is 3.00. The van der Waals surface area contributed by atoms with Crippen molar-refractivity contribution in [3.63, 3.8) is 0 Å². The van der Waals surface area contributed by atoms with Crippen molar-refractivity contribution < 1.29 is 9.15 Å². The number of ether oxygens (including phenoxy) is 1. The molecule has 0 fully saturated rings. The summed E-state index contributed by atoms with van der Waals surface area (Å²) in [7, 11) is 1.60. The normalized spacial score (nSPS) is 10.1. The zero-order chi connectivity index (χ0) is 11.4. The second kappa shape index (κ2) is 4.61. The maximum atomic E-state index is 5.92. The van der Waals surface area contributed by atoms with E-state index in [-0.39, 0.29) is 0 Å². The third-order valence-corrected chi connectivity index (χ3v) is 2.35. The largest absolute Gasteiger partial charge is 0.495 e. The van der Waals surface area contributed by atoms with Crippen molar-refractivity contribution in [3.8, 4) is 5.75 Å². The number of furan rings is 1. The van der Waals surface area contributed by atoms with Gasteiger partial charge in [-0.15, -0.1) is 0 Å². The van der Waals surface area contributed by atoms with Crippen LogP contribution >= 0.6 is 0 Å². The Bertz CT molecular complexity index is 452. The molecule has 2 rings (SSSR count). The number of benzene rings is 1. The van der Waals surface area contributed by atoms with Crippen LogP contribution in [0.3, 0.4) is 0 Å². The molecule has 0 spiro atoms. The molecule has 0 amide bonds. The van der Waals surface area contributed by atoms with Crippen molar-refractivity contribution >= 4 is 11.4 Å². The maximum absolute atomic E-state index is 5.92. The van der Waals surface area contributed by atoms with Gasteiger partial charge in [0.25, 0.3) is 0 Å². The molecule has 1 heterocycles. The van der Waals surface area contributed by atoms with Crippen LogP contribution in [-0.4, -0.2) is 7.11 Å².